The monoisotopic (exact) mass is 498 g/mol. The highest BCUT2D eigenvalue weighted by atomic mass is 16.5. The smallest absolute Gasteiger partial charge is 0.312 e. The number of carbonyl (C=O) groups is 1. The first-order valence-electron chi connectivity index (χ1n) is 11.2. The number of benzene rings is 3. The van der Waals surface area contributed by atoms with Gasteiger partial charge in [-0.15, -0.1) is 0 Å². The number of ether oxygens (including phenoxy) is 1. The van der Waals surface area contributed by atoms with Crippen LogP contribution in [-0.2, 0) is 4.79 Å². The lowest BCUT2D eigenvalue weighted by atomic mass is 9.84. The molecule has 5 N–H and O–H groups in total. The van der Waals surface area contributed by atoms with Gasteiger partial charge in [0.1, 0.15) is 22.5 Å². The topological polar surface area (TPSA) is 166 Å². The minimum atomic E-state index is -0.921. The fourth-order valence-corrected chi connectivity index (χ4v) is 4.70. The molecule has 3 aromatic carbocycles. The van der Waals surface area contributed by atoms with Crippen LogP contribution in [-0.4, -0.2) is 36.6 Å². The Morgan fingerprint density at radius 2 is 1.68 bits per heavy atom. The number of esters is 1. The Morgan fingerprint density at radius 1 is 0.892 bits per heavy atom. The van der Waals surface area contributed by atoms with Crippen LogP contribution >= 0.6 is 0 Å². The van der Waals surface area contributed by atoms with Crippen molar-refractivity contribution < 1.29 is 34.4 Å². The number of phenols is 3. The van der Waals surface area contributed by atoms with E-state index in [1.54, 1.807) is 6.20 Å². The highest BCUT2D eigenvalue weighted by molar-refractivity contribution is 5.94. The van der Waals surface area contributed by atoms with Gasteiger partial charge in [0, 0.05) is 28.7 Å². The molecule has 1 aliphatic rings. The number of nitrogens with zero attached hydrogens (tertiary/aromatic N) is 1. The Labute approximate surface area is 207 Å². The fourth-order valence-electron chi connectivity index (χ4n) is 4.70. The summed E-state index contributed by atoms with van der Waals surface area (Å²) >= 11 is 0. The summed E-state index contributed by atoms with van der Waals surface area (Å²) in [6.45, 7) is 0. The lowest BCUT2D eigenvalue weighted by Crippen LogP contribution is -2.22. The van der Waals surface area contributed by atoms with Crippen LogP contribution in [0, 0.1) is 0 Å². The third-order valence-corrected chi connectivity index (χ3v) is 6.41. The van der Waals surface area contributed by atoms with Gasteiger partial charge < -0.3 is 29.6 Å². The van der Waals surface area contributed by atoms with Crippen molar-refractivity contribution in [1.29, 1.82) is 0 Å². The summed E-state index contributed by atoms with van der Waals surface area (Å²) in [6.07, 6.45) is 1.47. The maximum Gasteiger partial charge on any atom is 0.312 e. The SMILES string of the molecule is O=C1C[C@@H](c2cn[nH]c2-c2ccccc2)c2c(cc(O)c3c(=O)c(O)c(-c4ccc(O)c(O)c4)oc23)O1. The molecule has 0 bridgehead atoms. The van der Waals surface area contributed by atoms with Crippen LogP contribution < -0.4 is 10.2 Å². The average molecular weight is 498 g/mol. The number of H-pyrrole nitrogens is 1. The van der Waals surface area contributed by atoms with Gasteiger partial charge in [-0.3, -0.25) is 14.7 Å². The van der Waals surface area contributed by atoms with Crippen LogP contribution in [0.25, 0.3) is 33.6 Å². The predicted octanol–water partition coefficient (Wildman–Crippen LogP) is 4.11. The molecule has 5 aromatic rings. The number of phenolic OH excluding ortho intramolecular Hbond substituents is 3. The first kappa shape index (κ1) is 22.2. The molecule has 10 nitrogen and oxygen atoms in total. The Balaban J connectivity index is 1.66. The van der Waals surface area contributed by atoms with Crippen LogP contribution in [0.2, 0.25) is 0 Å². The van der Waals surface area contributed by atoms with E-state index in [1.807, 2.05) is 30.3 Å². The third-order valence-electron chi connectivity index (χ3n) is 6.41. The van der Waals surface area contributed by atoms with Crippen molar-refractivity contribution in [2.45, 2.75) is 12.3 Å². The highest BCUT2D eigenvalue weighted by Gasteiger charge is 2.36. The number of carbonyl (C=O) groups excluding carboxylic acids is 1. The van der Waals surface area contributed by atoms with E-state index >= 15 is 0 Å². The predicted molar refractivity (Wildman–Crippen MR) is 131 cm³/mol. The van der Waals surface area contributed by atoms with Gasteiger partial charge in [-0.1, -0.05) is 30.3 Å². The number of aromatic amines is 1. The van der Waals surface area contributed by atoms with Crippen LogP contribution in [0.1, 0.15) is 23.5 Å². The first-order valence-corrected chi connectivity index (χ1v) is 11.2. The Hall–Kier alpha value is -5.25. The number of aromatic nitrogens is 2. The molecule has 0 spiro atoms. The summed E-state index contributed by atoms with van der Waals surface area (Å²) < 4.78 is 11.4. The van der Waals surface area contributed by atoms with Gasteiger partial charge in [0.2, 0.25) is 11.2 Å². The molecule has 1 atom stereocenters. The third kappa shape index (κ3) is 3.46. The number of nitrogens with one attached hydrogen (secondary N) is 1. The minimum Gasteiger partial charge on any atom is -0.507 e. The summed E-state index contributed by atoms with van der Waals surface area (Å²) in [7, 11) is 0. The van der Waals surface area contributed by atoms with Crippen molar-refractivity contribution in [1.82, 2.24) is 10.2 Å². The maximum atomic E-state index is 13.2. The second-order valence-electron chi connectivity index (χ2n) is 8.62. The van der Waals surface area contributed by atoms with Crippen LogP contribution in [0.5, 0.6) is 28.7 Å². The molecule has 0 amide bonds. The quantitative estimate of drug-likeness (QED) is 0.140. The van der Waals surface area contributed by atoms with Crippen molar-refractivity contribution >= 4 is 16.9 Å². The molecule has 0 saturated carbocycles. The molecule has 0 unspecified atom stereocenters. The van der Waals surface area contributed by atoms with Crippen molar-refractivity contribution in [3.8, 4) is 51.3 Å². The summed E-state index contributed by atoms with van der Waals surface area (Å²) in [5.74, 6) is -3.76. The average Bonchev–Trinajstić information content (AvgIpc) is 3.37. The van der Waals surface area contributed by atoms with Crippen LogP contribution in [0.4, 0.5) is 0 Å². The highest BCUT2D eigenvalue weighted by Crippen LogP contribution is 2.48. The molecule has 0 fully saturated rings. The number of hydrogen-bond acceptors (Lipinski definition) is 9. The Kier molecular flexibility index (Phi) is 4.90. The zero-order valence-corrected chi connectivity index (χ0v) is 18.9. The van der Waals surface area contributed by atoms with Crippen molar-refractivity contribution in [2.24, 2.45) is 0 Å². The lowest BCUT2D eigenvalue weighted by molar-refractivity contribution is -0.135. The Bertz CT molecular complexity index is 1770. The first-order chi connectivity index (χ1) is 17.8. The van der Waals surface area contributed by atoms with Gasteiger partial charge in [0.15, 0.2) is 17.3 Å². The van der Waals surface area contributed by atoms with Gasteiger partial charge in [-0.25, -0.2) is 0 Å². The number of fused-ring (bicyclic) bond motifs is 3. The number of rotatable bonds is 3. The van der Waals surface area contributed by atoms with Gasteiger partial charge in [0.05, 0.1) is 18.3 Å². The summed E-state index contributed by atoms with van der Waals surface area (Å²) in [5, 5.41) is 47.8. The van der Waals surface area contributed by atoms with Crippen LogP contribution in [0.3, 0.4) is 0 Å². The molecule has 184 valence electrons. The fraction of sp³-hybridized carbons (Fsp3) is 0.0741. The molecular formula is C27H18N2O8. The molecule has 6 rings (SSSR count). The standard InChI is InChI=1S/C27H18N2O8/c30-16-7-6-13(8-17(16)31)26-25(35)24(34)22-18(32)10-19-21(27(22)37-26)14(9-20(33)36-19)15-11-28-29-23(15)12-4-2-1-3-5-12/h1-8,10-11,14,30-32,35H,9H2,(H,28,29)/t14-/m0/s1. The van der Waals surface area contributed by atoms with E-state index < -0.39 is 40.3 Å². The van der Waals surface area contributed by atoms with Gasteiger partial charge in [0.25, 0.3) is 0 Å². The van der Waals surface area contributed by atoms with Crippen LogP contribution in [0.15, 0.2) is 70.0 Å². The second kappa shape index (κ2) is 8.16. The lowest BCUT2D eigenvalue weighted by Gasteiger charge is -2.26. The Morgan fingerprint density at radius 3 is 2.43 bits per heavy atom. The van der Waals surface area contributed by atoms with Crippen molar-refractivity contribution in [3.05, 3.63) is 82.1 Å². The number of aromatic hydroxyl groups is 4. The van der Waals surface area contributed by atoms with Gasteiger partial charge in [-0.05, 0) is 23.8 Å². The summed E-state index contributed by atoms with van der Waals surface area (Å²) in [4.78, 5) is 25.8. The normalized spacial score (nSPS) is 14.9. The second-order valence-corrected chi connectivity index (χ2v) is 8.62. The molecule has 37 heavy (non-hydrogen) atoms. The summed E-state index contributed by atoms with van der Waals surface area (Å²) in [6, 6.07) is 14.1. The van der Waals surface area contributed by atoms with E-state index in [9.17, 15) is 30.0 Å². The maximum absolute atomic E-state index is 13.2. The van der Waals surface area contributed by atoms with E-state index in [0.29, 0.717) is 16.8 Å². The largest absolute Gasteiger partial charge is 0.507 e. The minimum absolute atomic E-state index is 0.000181. The van der Waals surface area contributed by atoms with E-state index in [2.05, 4.69) is 10.2 Å². The molecule has 0 saturated heterocycles. The zero-order valence-electron chi connectivity index (χ0n) is 18.9. The van der Waals surface area contributed by atoms with Gasteiger partial charge >= 0.3 is 5.97 Å². The summed E-state index contributed by atoms with van der Waals surface area (Å²) in [5.41, 5.74) is 1.49. The van der Waals surface area contributed by atoms with E-state index in [1.165, 1.54) is 12.1 Å². The molecule has 0 radical (unpaired) electrons. The van der Waals surface area contributed by atoms with E-state index in [-0.39, 0.29) is 34.5 Å². The van der Waals surface area contributed by atoms with E-state index in [0.717, 1.165) is 17.7 Å². The zero-order chi connectivity index (χ0) is 25.8. The van der Waals surface area contributed by atoms with Crippen molar-refractivity contribution in [2.75, 3.05) is 0 Å². The van der Waals surface area contributed by atoms with Gasteiger partial charge in [-0.2, -0.15) is 5.10 Å². The molecular weight excluding hydrogens is 480 g/mol. The molecule has 1 aliphatic heterocycles. The molecule has 10 heteroatoms. The molecule has 0 aliphatic carbocycles. The van der Waals surface area contributed by atoms with E-state index in [4.69, 9.17) is 9.15 Å². The van der Waals surface area contributed by atoms with Crippen molar-refractivity contribution in [3.63, 3.8) is 0 Å². The molecule has 2 aromatic heterocycles. The molecule has 3 heterocycles. The number of hydrogen-bond donors (Lipinski definition) is 5.